The summed E-state index contributed by atoms with van der Waals surface area (Å²) in [5.41, 5.74) is 14.5. The molecule has 3 rings (SSSR count). The molecule has 1 aliphatic rings. The Bertz CT molecular complexity index is 629. The van der Waals surface area contributed by atoms with E-state index in [0.29, 0.717) is 11.5 Å². The highest BCUT2D eigenvalue weighted by Gasteiger charge is 2.22. The lowest BCUT2D eigenvalue weighted by Crippen LogP contribution is -2.21. The van der Waals surface area contributed by atoms with Gasteiger partial charge >= 0.3 is 0 Å². The summed E-state index contributed by atoms with van der Waals surface area (Å²) in [6, 6.07) is 11.4. The Balaban J connectivity index is 1.97. The van der Waals surface area contributed by atoms with E-state index in [1.165, 1.54) is 11.1 Å². The number of carbonyl (C=O) groups is 1. The summed E-state index contributed by atoms with van der Waals surface area (Å²) in [6.07, 6.45) is 0. The highest BCUT2D eigenvalue weighted by Crippen LogP contribution is 2.30. The van der Waals surface area contributed by atoms with E-state index in [0.717, 1.165) is 13.1 Å². The minimum absolute atomic E-state index is 0.236. The molecule has 1 aromatic carbocycles. The summed E-state index contributed by atoms with van der Waals surface area (Å²) in [4.78, 5) is 17.5. The summed E-state index contributed by atoms with van der Waals surface area (Å²) in [6.45, 7) is 1.49. The number of aromatic nitrogens is 1. The third kappa shape index (κ3) is 1.99. The van der Waals surface area contributed by atoms with E-state index in [1.807, 2.05) is 17.0 Å². The third-order valence-electron chi connectivity index (χ3n) is 3.30. The Morgan fingerprint density at radius 2 is 1.74 bits per heavy atom. The van der Waals surface area contributed by atoms with Crippen LogP contribution < -0.4 is 16.4 Å². The maximum Gasteiger partial charge on any atom is 0.267 e. The molecule has 0 aliphatic carbocycles. The van der Waals surface area contributed by atoms with Crippen molar-refractivity contribution in [3.63, 3.8) is 0 Å². The minimum atomic E-state index is -0.544. The second-order valence-corrected chi connectivity index (χ2v) is 4.60. The Morgan fingerprint density at radius 3 is 2.32 bits per heavy atom. The molecule has 5 heteroatoms. The molecule has 4 N–H and O–H groups in total. The van der Waals surface area contributed by atoms with Gasteiger partial charge in [-0.1, -0.05) is 24.3 Å². The lowest BCUT2D eigenvalue weighted by atomic mass is 10.1. The van der Waals surface area contributed by atoms with Gasteiger partial charge in [-0.15, -0.1) is 0 Å². The van der Waals surface area contributed by atoms with Crippen molar-refractivity contribution in [3.05, 3.63) is 53.2 Å². The van der Waals surface area contributed by atoms with Gasteiger partial charge in [-0.25, -0.2) is 4.98 Å². The van der Waals surface area contributed by atoms with Gasteiger partial charge in [0, 0.05) is 13.1 Å². The number of carbonyl (C=O) groups excluding carboxylic acids is 1. The maximum atomic E-state index is 11.2. The summed E-state index contributed by atoms with van der Waals surface area (Å²) >= 11 is 0. The number of fused-ring (bicyclic) bond motifs is 1. The first-order valence-electron chi connectivity index (χ1n) is 6.03. The fourth-order valence-corrected chi connectivity index (χ4v) is 2.33. The highest BCUT2D eigenvalue weighted by molar-refractivity contribution is 5.92. The predicted octanol–water partition coefficient (Wildman–Crippen LogP) is 1.28. The zero-order chi connectivity index (χ0) is 13.4. The van der Waals surface area contributed by atoms with Crippen molar-refractivity contribution in [3.8, 4) is 0 Å². The fourth-order valence-electron chi connectivity index (χ4n) is 2.33. The van der Waals surface area contributed by atoms with Crippen molar-refractivity contribution in [1.82, 2.24) is 4.98 Å². The molecule has 0 radical (unpaired) electrons. The number of nitrogens with two attached hydrogens (primary N) is 2. The lowest BCUT2D eigenvalue weighted by Gasteiger charge is -2.18. The molecule has 1 aromatic heterocycles. The average molecular weight is 254 g/mol. The molecule has 0 saturated carbocycles. The number of amides is 1. The summed E-state index contributed by atoms with van der Waals surface area (Å²) in [7, 11) is 0. The molecule has 1 aliphatic heterocycles. The van der Waals surface area contributed by atoms with E-state index < -0.39 is 5.91 Å². The molecule has 19 heavy (non-hydrogen) atoms. The van der Waals surface area contributed by atoms with Crippen LogP contribution in [-0.2, 0) is 13.1 Å². The van der Waals surface area contributed by atoms with Crippen molar-refractivity contribution < 1.29 is 4.79 Å². The number of pyridine rings is 1. The quantitative estimate of drug-likeness (QED) is 0.845. The molecule has 96 valence electrons. The molecule has 0 fully saturated rings. The zero-order valence-electron chi connectivity index (χ0n) is 10.3. The van der Waals surface area contributed by atoms with Gasteiger partial charge in [0.15, 0.2) is 5.82 Å². The molecule has 0 spiro atoms. The Hall–Kier alpha value is -2.56. The van der Waals surface area contributed by atoms with Crippen LogP contribution in [0.15, 0.2) is 36.4 Å². The third-order valence-corrected chi connectivity index (χ3v) is 3.30. The molecule has 0 atom stereocenters. The molecule has 1 amide bonds. The van der Waals surface area contributed by atoms with E-state index in [-0.39, 0.29) is 5.69 Å². The van der Waals surface area contributed by atoms with Gasteiger partial charge in [0.2, 0.25) is 0 Å². The zero-order valence-corrected chi connectivity index (χ0v) is 10.3. The van der Waals surface area contributed by atoms with Gasteiger partial charge in [0.25, 0.3) is 5.91 Å². The molecule has 2 aromatic rings. The monoisotopic (exact) mass is 254 g/mol. The van der Waals surface area contributed by atoms with Gasteiger partial charge in [0.1, 0.15) is 5.69 Å². The van der Waals surface area contributed by atoms with Crippen molar-refractivity contribution in [2.45, 2.75) is 13.1 Å². The van der Waals surface area contributed by atoms with Gasteiger partial charge in [0.05, 0.1) is 5.69 Å². The second-order valence-electron chi connectivity index (χ2n) is 4.60. The number of benzene rings is 1. The topological polar surface area (TPSA) is 85.2 Å². The van der Waals surface area contributed by atoms with E-state index in [4.69, 9.17) is 11.5 Å². The normalized spacial score (nSPS) is 13.4. The van der Waals surface area contributed by atoms with E-state index in [2.05, 4.69) is 17.1 Å². The van der Waals surface area contributed by atoms with Crippen LogP contribution in [0.2, 0.25) is 0 Å². The van der Waals surface area contributed by atoms with Gasteiger partial charge in [-0.2, -0.15) is 0 Å². The number of anilines is 2. The van der Waals surface area contributed by atoms with Crippen LogP contribution in [0.4, 0.5) is 11.5 Å². The standard InChI is InChI=1S/C14H14N4O/c15-11-5-6-12(13(16)19)17-14(11)18-7-9-3-1-2-4-10(9)8-18/h1-6H,7-8,15H2,(H2,16,19). The molecule has 0 unspecified atom stereocenters. The van der Waals surface area contributed by atoms with Gasteiger partial charge in [-0.3, -0.25) is 4.79 Å². The maximum absolute atomic E-state index is 11.2. The van der Waals surface area contributed by atoms with Crippen LogP contribution >= 0.6 is 0 Å². The fraction of sp³-hybridized carbons (Fsp3) is 0.143. The minimum Gasteiger partial charge on any atom is -0.396 e. The van der Waals surface area contributed by atoms with Crippen LogP contribution in [-0.4, -0.2) is 10.9 Å². The van der Waals surface area contributed by atoms with Crippen LogP contribution in [0.3, 0.4) is 0 Å². The molecular formula is C14H14N4O. The van der Waals surface area contributed by atoms with Crippen molar-refractivity contribution in [2.75, 3.05) is 10.6 Å². The van der Waals surface area contributed by atoms with Crippen LogP contribution in [0.25, 0.3) is 0 Å². The SMILES string of the molecule is NC(=O)c1ccc(N)c(N2Cc3ccccc3C2)n1. The van der Waals surface area contributed by atoms with Crippen LogP contribution in [0.5, 0.6) is 0 Å². The average Bonchev–Trinajstić information content (AvgIpc) is 2.82. The number of nitrogen functional groups attached to an aromatic ring is 1. The van der Waals surface area contributed by atoms with Crippen molar-refractivity contribution in [1.29, 1.82) is 0 Å². The summed E-state index contributed by atoms with van der Waals surface area (Å²) in [5, 5.41) is 0. The number of hydrogen-bond acceptors (Lipinski definition) is 4. The molecule has 2 heterocycles. The first-order chi connectivity index (χ1) is 9.15. The number of nitrogens with zero attached hydrogens (tertiary/aromatic N) is 2. The predicted molar refractivity (Wildman–Crippen MR) is 73.5 cm³/mol. The smallest absolute Gasteiger partial charge is 0.267 e. The van der Waals surface area contributed by atoms with E-state index >= 15 is 0 Å². The first kappa shape index (κ1) is 11.5. The summed E-state index contributed by atoms with van der Waals surface area (Å²) in [5.74, 6) is 0.0745. The number of rotatable bonds is 2. The van der Waals surface area contributed by atoms with E-state index in [1.54, 1.807) is 12.1 Å². The molecular weight excluding hydrogens is 240 g/mol. The Kier molecular flexibility index (Phi) is 2.59. The number of primary amides is 1. The largest absolute Gasteiger partial charge is 0.396 e. The van der Waals surface area contributed by atoms with E-state index in [9.17, 15) is 4.79 Å². The van der Waals surface area contributed by atoms with Crippen molar-refractivity contribution >= 4 is 17.4 Å². The number of hydrogen-bond donors (Lipinski definition) is 2. The van der Waals surface area contributed by atoms with Gasteiger partial charge < -0.3 is 16.4 Å². The van der Waals surface area contributed by atoms with Crippen LogP contribution in [0.1, 0.15) is 21.6 Å². The van der Waals surface area contributed by atoms with Crippen molar-refractivity contribution in [2.24, 2.45) is 5.73 Å². The first-order valence-corrected chi connectivity index (χ1v) is 6.03. The summed E-state index contributed by atoms with van der Waals surface area (Å²) < 4.78 is 0. The highest BCUT2D eigenvalue weighted by atomic mass is 16.1. The second kappa shape index (κ2) is 4.28. The molecule has 0 bridgehead atoms. The lowest BCUT2D eigenvalue weighted by molar-refractivity contribution is 0.0995. The Labute approximate surface area is 110 Å². The molecule has 0 saturated heterocycles. The van der Waals surface area contributed by atoms with Gasteiger partial charge in [-0.05, 0) is 23.3 Å². The van der Waals surface area contributed by atoms with Crippen LogP contribution in [0, 0.1) is 0 Å². The molecule has 5 nitrogen and oxygen atoms in total. The Morgan fingerprint density at radius 1 is 1.11 bits per heavy atom.